The number of hydrogen-bond donors (Lipinski definition) is 2. The minimum atomic E-state index is -1.51. The Balaban J connectivity index is 1.96. The van der Waals surface area contributed by atoms with Crippen molar-refractivity contribution in [3.63, 3.8) is 0 Å². The third kappa shape index (κ3) is 4.30. The van der Waals surface area contributed by atoms with E-state index in [-0.39, 0.29) is 11.7 Å². The van der Waals surface area contributed by atoms with Gasteiger partial charge in [0.25, 0.3) is 0 Å². The molecule has 2 rings (SSSR count). The summed E-state index contributed by atoms with van der Waals surface area (Å²) in [5.74, 6) is -0.273. The summed E-state index contributed by atoms with van der Waals surface area (Å²) >= 11 is 0. The van der Waals surface area contributed by atoms with Crippen molar-refractivity contribution in [2.75, 3.05) is 19.4 Å². The molecule has 0 spiro atoms. The van der Waals surface area contributed by atoms with Gasteiger partial charge in [-0.25, -0.2) is 0 Å². The van der Waals surface area contributed by atoms with Gasteiger partial charge in [-0.2, -0.15) is 0 Å². The molecule has 6 nitrogen and oxygen atoms in total. The lowest BCUT2D eigenvalue weighted by atomic mass is 10.1. The van der Waals surface area contributed by atoms with Gasteiger partial charge in [0.05, 0.1) is 22.8 Å². The second-order valence-electron chi connectivity index (χ2n) is 5.05. The second kappa shape index (κ2) is 7.93. The van der Waals surface area contributed by atoms with Crippen molar-refractivity contribution in [2.24, 2.45) is 0 Å². The van der Waals surface area contributed by atoms with Crippen molar-refractivity contribution in [1.29, 1.82) is 0 Å². The van der Waals surface area contributed by atoms with Crippen LogP contribution < -0.4 is 15.4 Å². The molecule has 0 aliphatic carbocycles. The summed E-state index contributed by atoms with van der Waals surface area (Å²) in [7, 11) is -0.0216. The Morgan fingerprint density at radius 3 is 2.95 bits per heavy atom. The van der Waals surface area contributed by atoms with Gasteiger partial charge in [-0.05, 0) is 31.4 Å². The monoisotopic (exact) mass is 324 g/mol. The highest BCUT2D eigenvalue weighted by Gasteiger charge is 2.23. The quantitative estimate of drug-likeness (QED) is 0.830. The summed E-state index contributed by atoms with van der Waals surface area (Å²) < 4.78 is 17.4. The Labute approximate surface area is 132 Å². The first kappa shape index (κ1) is 16.5. The topological polar surface area (TPSA) is 84.5 Å². The number of rotatable bonds is 5. The van der Waals surface area contributed by atoms with E-state index in [1.165, 1.54) is 7.11 Å². The maximum absolute atomic E-state index is 12.3. The van der Waals surface area contributed by atoms with Crippen molar-refractivity contribution in [3.05, 3.63) is 24.3 Å². The normalized spacial score (nSPS) is 19.7. The van der Waals surface area contributed by atoms with Gasteiger partial charge >= 0.3 is 0 Å². The zero-order valence-electron chi connectivity index (χ0n) is 12.5. The van der Waals surface area contributed by atoms with Crippen LogP contribution in [0.25, 0.3) is 0 Å². The molecule has 2 atom stereocenters. The fourth-order valence-corrected chi connectivity index (χ4v) is 3.40. The minimum absolute atomic E-state index is 0.172. The SMILES string of the molecule is COc1ccccc1[S@](=O)CC(=O)N[C@H]1CCCCNC1=O. The van der Waals surface area contributed by atoms with Crippen LogP contribution >= 0.6 is 0 Å². The van der Waals surface area contributed by atoms with E-state index in [1.807, 2.05) is 0 Å². The highest BCUT2D eigenvalue weighted by Crippen LogP contribution is 2.21. The first-order chi connectivity index (χ1) is 10.6. The Morgan fingerprint density at radius 2 is 2.18 bits per heavy atom. The van der Waals surface area contributed by atoms with E-state index in [0.717, 1.165) is 12.8 Å². The lowest BCUT2D eigenvalue weighted by molar-refractivity contribution is -0.127. The molecule has 0 aromatic heterocycles. The van der Waals surface area contributed by atoms with E-state index in [9.17, 15) is 13.8 Å². The van der Waals surface area contributed by atoms with Crippen LogP contribution in [0.1, 0.15) is 19.3 Å². The summed E-state index contributed by atoms with van der Waals surface area (Å²) in [6, 6.07) is 6.34. The highest BCUT2D eigenvalue weighted by molar-refractivity contribution is 7.85. The number of methoxy groups -OCH3 is 1. The van der Waals surface area contributed by atoms with Gasteiger partial charge in [-0.15, -0.1) is 0 Å². The molecule has 0 radical (unpaired) electrons. The Kier molecular flexibility index (Phi) is 5.94. The zero-order chi connectivity index (χ0) is 15.9. The average molecular weight is 324 g/mol. The van der Waals surface area contributed by atoms with Gasteiger partial charge in [-0.1, -0.05) is 12.1 Å². The van der Waals surface area contributed by atoms with Crippen LogP contribution in [0.15, 0.2) is 29.2 Å². The second-order valence-corrected chi connectivity index (χ2v) is 6.47. The molecule has 0 unspecified atom stereocenters. The minimum Gasteiger partial charge on any atom is -0.495 e. The maximum Gasteiger partial charge on any atom is 0.242 e. The maximum atomic E-state index is 12.3. The smallest absolute Gasteiger partial charge is 0.242 e. The standard InChI is InChI=1S/C15H20N2O4S/c1-21-12-7-2-3-8-13(12)22(20)10-14(18)17-11-6-4-5-9-16-15(11)19/h2-3,7-8,11H,4-6,9-10H2,1H3,(H,16,19)(H,17,18)/t11-,22+/m0/s1. The van der Waals surface area contributed by atoms with E-state index in [4.69, 9.17) is 4.74 Å². The van der Waals surface area contributed by atoms with Gasteiger partial charge in [-0.3, -0.25) is 13.8 Å². The van der Waals surface area contributed by atoms with Crippen molar-refractivity contribution < 1.29 is 18.5 Å². The fraction of sp³-hybridized carbons (Fsp3) is 0.467. The van der Waals surface area contributed by atoms with E-state index in [0.29, 0.717) is 23.6 Å². The first-order valence-corrected chi connectivity index (χ1v) is 8.52. The predicted molar refractivity (Wildman–Crippen MR) is 83.1 cm³/mol. The summed E-state index contributed by atoms with van der Waals surface area (Å²) in [5.41, 5.74) is 0. The van der Waals surface area contributed by atoms with Gasteiger partial charge in [0.2, 0.25) is 11.8 Å². The van der Waals surface area contributed by atoms with Crippen molar-refractivity contribution in [2.45, 2.75) is 30.2 Å². The van der Waals surface area contributed by atoms with Crippen LogP contribution in [0, 0.1) is 0 Å². The molecule has 1 aliphatic heterocycles. The largest absolute Gasteiger partial charge is 0.495 e. The van der Waals surface area contributed by atoms with Gasteiger partial charge in [0, 0.05) is 6.54 Å². The average Bonchev–Trinajstić information content (AvgIpc) is 2.72. The van der Waals surface area contributed by atoms with E-state index < -0.39 is 22.7 Å². The third-order valence-corrected chi connectivity index (χ3v) is 4.80. The molecule has 1 aliphatic rings. The fourth-order valence-electron chi connectivity index (χ4n) is 2.32. The molecule has 7 heteroatoms. The van der Waals surface area contributed by atoms with E-state index in [2.05, 4.69) is 10.6 Å². The molecule has 2 amide bonds. The number of benzene rings is 1. The van der Waals surface area contributed by atoms with Gasteiger partial charge in [0.15, 0.2) is 0 Å². The molecular formula is C15H20N2O4S. The van der Waals surface area contributed by atoms with E-state index in [1.54, 1.807) is 24.3 Å². The summed E-state index contributed by atoms with van der Waals surface area (Å²) in [6.45, 7) is 0.637. The summed E-state index contributed by atoms with van der Waals surface area (Å²) in [6.07, 6.45) is 2.39. The number of carbonyl (C=O) groups excluding carboxylic acids is 2. The molecule has 0 bridgehead atoms. The Morgan fingerprint density at radius 1 is 1.41 bits per heavy atom. The van der Waals surface area contributed by atoms with Gasteiger partial charge < -0.3 is 15.4 Å². The van der Waals surface area contributed by atoms with E-state index >= 15 is 0 Å². The number of para-hydroxylation sites is 1. The molecule has 0 saturated carbocycles. The molecule has 1 aromatic carbocycles. The number of ether oxygens (including phenoxy) is 1. The lowest BCUT2D eigenvalue weighted by Gasteiger charge is -2.15. The van der Waals surface area contributed by atoms with Crippen LogP contribution in [0.2, 0.25) is 0 Å². The number of hydrogen-bond acceptors (Lipinski definition) is 4. The van der Waals surface area contributed by atoms with Crippen molar-refractivity contribution >= 4 is 22.6 Å². The van der Waals surface area contributed by atoms with Gasteiger partial charge in [0.1, 0.15) is 17.5 Å². The molecule has 2 N–H and O–H groups in total. The molecule has 1 aromatic rings. The lowest BCUT2D eigenvalue weighted by Crippen LogP contribution is -2.46. The van der Waals surface area contributed by atoms with Crippen LogP contribution in [-0.4, -0.2) is 41.5 Å². The first-order valence-electron chi connectivity index (χ1n) is 7.20. The molecule has 22 heavy (non-hydrogen) atoms. The summed E-state index contributed by atoms with van der Waals surface area (Å²) in [4.78, 5) is 24.3. The van der Waals surface area contributed by atoms with Crippen molar-refractivity contribution in [3.8, 4) is 5.75 Å². The molecular weight excluding hydrogens is 304 g/mol. The molecule has 1 saturated heterocycles. The number of carbonyl (C=O) groups is 2. The summed E-state index contributed by atoms with van der Waals surface area (Å²) in [5, 5.41) is 5.42. The Bertz CT molecular complexity index is 576. The zero-order valence-corrected chi connectivity index (χ0v) is 13.3. The third-order valence-electron chi connectivity index (χ3n) is 3.45. The number of amides is 2. The molecule has 120 valence electrons. The molecule has 1 fully saturated rings. The Hall–Kier alpha value is -1.89. The van der Waals surface area contributed by atoms with Crippen LogP contribution in [-0.2, 0) is 20.4 Å². The van der Waals surface area contributed by atoms with Crippen LogP contribution in [0.4, 0.5) is 0 Å². The van der Waals surface area contributed by atoms with Crippen LogP contribution in [0.5, 0.6) is 5.75 Å². The van der Waals surface area contributed by atoms with Crippen molar-refractivity contribution in [1.82, 2.24) is 10.6 Å². The predicted octanol–water partition coefficient (Wildman–Crippen LogP) is 0.588. The number of nitrogens with one attached hydrogen (secondary N) is 2. The molecule has 1 heterocycles. The highest BCUT2D eigenvalue weighted by atomic mass is 32.2. The van der Waals surface area contributed by atoms with Crippen LogP contribution in [0.3, 0.4) is 0 Å².